The fourth-order valence-corrected chi connectivity index (χ4v) is 2.99. The highest BCUT2D eigenvalue weighted by Crippen LogP contribution is 2.21. The highest BCUT2D eigenvalue weighted by Gasteiger charge is 2.22. The van der Waals surface area contributed by atoms with Crippen molar-refractivity contribution in [1.82, 2.24) is 4.90 Å². The molecule has 0 spiro atoms. The van der Waals surface area contributed by atoms with Crippen LogP contribution in [0.25, 0.3) is 0 Å². The maximum atomic E-state index is 5.84. The summed E-state index contributed by atoms with van der Waals surface area (Å²) >= 11 is 0. The minimum atomic E-state index is 0.689. The fraction of sp³-hybridized carbons (Fsp3) is 0.647. The Morgan fingerprint density at radius 2 is 2.00 bits per heavy atom. The van der Waals surface area contributed by atoms with E-state index in [0.29, 0.717) is 12.6 Å². The second kappa shape index (κ2) is 7.65. The van der Waals surface area contributed by atoms with E-state index in [1.165, 1.54) is 24.9 Å². The molecule has 1 aliphatic rings. The molecular weight excluding hydrogens is 248 g/mol. The third-order valence-electron chi connectivity index (χ3n) is 4.28. The Morgan fingerprint density at radius 3 is 2.65 bits per heavy atom. The summed E-state index contributed by atoms with van der Waals surface area (Å²) in [6.45, 7) is 8.39. The number of likely N-dealkylation sites (tertiary alicyclic amines) is 1. The largest absolute Gasteiger partial charge is 0.492 e. The second-order valence-corrected chi connectivity index (χ2v) is 6.05. The van der Waals surface area contributed by atoms with Gasteiger partial charge in [-0.05, 0) is 62.9 Å². The van der Waals surface area contributed by atoms with Gasteiger partial charge in [0.25, 0.3) is 0 Å². The van der Waals surface area contributed by atoms with Crippen LogP contribution in [0.1, 0.15) is 32.3 Å². The summed E-state index contributed by atoms with van der Waals surface area (Å²) in [6.07, 6.45) is 3.57. The van der Waals surface area contributed by atoms with Gasteiger partial charge in [-0.25, -0.2) is 0 Å². The normalized spacial score (nSPS) is 23.8. The summed E-state index contributed by atoms with van der Waals surface area (Å²) in [4.78, 5) is 2.54. The van der Waals surface area contributed by atoms with Crippen molar-refractivity contribution >= 4 is 0 Å². The van der Waals surface area contributed by atoms with Crippen molar-refractivity contribution < 1.29 is 4.74 Å². The van der Waals surface area contributed by atoms with E-state index in [0.717, 1.165) is 31.2 Å². The molecule has 1 fully saturated rings. The van der Waals surface area contributed by atoms with E-state index in [2.05, 4.69) is 30.9 Å². The van der Waals surface area contributed by atoms with Crippen LogP contribution < -0.4 is 10.5 Å². The zero-order valence-electron chi connectivity index (χ0n) is 12.8. The standard InChI is InChI=1S/C17H28N2O/c1-14-8-10-19(15(2)13-14)11-12-20-17-5-3-16(4-6-17)7-9-18/h3-6,14-15H,7-13,18H2,1-2H3. The first-order valence-electron chi connectivity index (χ1n) is 7.85. The van der Waals surface area contributed by atoms with E-state index >= 15 is 0 Å². The van der Waals surface area contributed by atoms with Crippen molar-refractivity contribution in [2.75, 3.05) is 26.2 Å². The van der Waals surface area contributed by atoms with Crippen molar-refractivity contribution in [3.05, 3.63) is 29.8 Å². The van der Waals surface area contributed by atoms with Crippen LogP contribution in [0.4, 0.5) is 0 Å². The van der Waals surface area contributed by atoms with E-state index in [4.69, 9.17) is 10.5 Å². The molecule has 1 aromatic carbocycles. The Hall–Kier alpha value is -1.06. The lowest BCUT2D eigenvalue weighted by Gasteiger charge is -2.36. The lowest BCUT2D eigenvalue weighted by Crippen LogP contribution is -2.42. The number of rotatable bonds is 6. The predicted octanol–water partition coefficient (Wildman–Crippen LogP) is 2.69. The van der Waals surface area contributed by atoms with Crippen LogP contribution in [0.5, 0.6) is 5.75 Å². The summed E-state index contributed by atoms with van der Waals surface area (Å²) < 4.78 is 5.84. The molecule has 2 rings (SSSR count). The predicted molar refractivity (Wildman–Crippen MR) is 84.1 cm³/mol. The van der Waals surface area contributed by atoms with Gasteiger partial charge >= 0.3 is 0 Å². The SMILES string of the molecule is CC1CCN(CCOc2ccc(CCN)cc2)C(C)C1. The summed E-state index contributed by atoms with van der Waals surface area (Å²) in [5, 5.41) is 0. The zero-order chi connectivity index (χ0) is 14.4. The van der Waals surface area contributed by atoms with E-state index in [-0.39, 0.29) is 0 Å². The van der Waals surface area contributed by atoms with Gasteiger partial charge in [0.2, 0.25) is 0 Å². The minimum absolute atomic E-state index is 0.689. The van der Waals surface area contributed by atoms with Gasteiger partial charge in [-0.3, -0.25) is 4.90 Å². The molecule has 3 nitrogen and oxygen atoms in total. The number of piperidine rings is 1. The molecule has 20 heavy (non-hydrogen) atoms. The molecule has 2 atom stereocenters. The van der Waals surface area contributed by atoms with Crippen molar-refractivity contribution in [3.63, 3.8) is 0 Å². The van der Waals surface area contributed by atoms with E-state index in [1.54, 1.807) is 0 Å². The van der Waals surface area contributed by atoms with Gasteiger partial charge in [-0.2, -0.15) is 0 Å². The molecule has 0 radical (unpaired) electrons. The van der Waals surface area contributed by atoms with Crippen molar-refractivity contribution in [1.29, 1.82) is 0 Å². The molecule has 1 heterocycles. The smallest absolute Gasteiger partial charge is 0.119 e. The van der Waals surface area contributed by atoms with Gasteiger partial charge in [-0.1, -0.05) is 19.1 Å². The number of hydrogen-bond acceptors (Lipinski definition) is 3. The molecule has 2 N–H and O–H groups in total. The topological polar surface area (TPSA) is 38.5 Å². The maximum absolute atomic E-state index is 5.84. The lowest BCUT2D eigenvalue weighted by atomic mass is 9.93. The van der Waals surface area contributed by atoms with Crippen LogP contribution in [-0.4, -0.2) is 37.2 Å². The highest BCUT2D eigenvalue weighted by atomic mass is 16.5. The van der Waals surface area contributed by atoms with Crippen molar-refractivity contribution in [3.8, 4) is 5.75 Å². The van der Waals surface area contributed by atoms with Crippen LogP contribution in [0.15, 0.2) is 24.3 Å². The van der Waals surface area contributed by atoms with Gasteiger partial charge in [-0.15, -0.1) is 0 Å². The Morgan fingerprint density at radius 1 is 1.25 bits per heavy atom. The third-order valence-corrected chi connectivity index (χ3v) is 4.28. The molecule has 0 amide bonds. The summed E-state index contributed by atoms with van der Waals surface area (Å²) in [5.41, 5.74) is 6.82. The monoisotopic (exact) mass is 276 g/mol. The Bertz CT molecular complexity index is 390. The third kappa shape index (κ3) is 4.50. The van der Waals surface area contributed by atoms with Crippen LogP contribution >= 0.6 is 0 Å². The molecular formula is C17H28N2O. The molecule has 112 valence electrons. The molecule has 0 saturated carbocycles. The number of hydrogen-bond donors (Lipinski definition) is 1. The first-order valence-corrected chi connectivity index (χ1v) is 7.85. The molecule has 1 saturated heterocycles. The van der Waals surface area contributed by atoms with Crippen molar-refractivity contribution in [2.45, 2.75) is 39.2 Å². The summed E-state index contributed by atoms with van der Waals surface area (Å²) in [6, 6.07) is 8.99. The van der Waals surface area contributed by atoms with Gasteiger partial charge in [0.15, 0.2) is 0 Å². The van der Waals surface area contributed by atoms with E-state index in [1.807, 2.05) is 12.1 Å². The average molecular weight is 276 g/mol. The maximum Gasteiger partial charge on any atom is 0.119 e. The Labute approximate surface area is 123 Å². The van der Waals surface area contributed by atoms with Crippen LogP contribution in [0, 0.1) is 5.92 Å². The Kier molecular flexibility index (Phi) is 5.86. The van der Waals surface area contributed by atoms with Gasteiger partial charge in [0, 0.05) is 12.6 Å². The van der Waals surface area contributed by atoms with E-state index < -0.39 is 0 Å². The fourth-order valence-electron chi connectivity index (χ4n) is 2.99. The molecule has 0 aliphatic carbocycles. The molecule has 2 unspecified atom stereocenters. The zero-order valence-corrected chi connectivity index (χ0v) is 12.8. The number of nitrogens with zero attached hydrogens (tertiary/aromatic N) is 1. The minimum Gasteiger partial charge on any atom is -0.492 e. The first kappa shape index (κ1) is 15.3. The van der Waals surface area contributed by atoms with Crippen LogP contribution in [0.2, 0.25) is 0 Å². The molecule has 0 aromatic heterocycles. The van der Waals surface area contributed by atoms with Crippen LogP contribution in [-0.2, 0) is 6.42 Å². The molecule has 1 aliphatic heterocycles. The van der Waals surface area contributed by atoms with E-state index in [9.17, 15) is 0 Å². The summed E-state index contributed by atoms with van der Waals surface area (Å²) in [5.74, 6) is 1.83. The van der Waals surface area contributed by atoms with Gasteiger partial charge in [0.1, 0.15) is 12.4 Å². The highest BCUT2D eigenvalue weighted by molar-refractivity contribution is 5.27. The van der Waals surface area contributed by atoms with Crippen LogP contribution in [0.3, 0.4) is 0 Å². The van der Waals surface area contributed by atoms with Gasteiger partial charge in [0.05, 0.1) is 0 Å². The Balaban J connectivity index is 1.72. The molecule has 3 heteroatoms. The first-order chi connectivity index (χ1) is 9.69. The lowest BCUT2D eigenvalue weighted by molar-refractivity contribution is 0.109. The van der Waals surface area contributed by atoms with Crippen molar-refractivity contribution in [2.24, 2.45) is 11.7 Å². The average Bonchev–Trinajstić information content (AvgIpc) is 2.43. The summed E-state index contributed by atoms with van der Waals surface area (Å²) in [7, 11) is 0. The number of ether oxygens (including phenoxy) is 1. The quantitative estimate of drug-likeness (QED) is 0.868. The second-order valence-electron chi connectivity index (χ2n) is 6.05. The number of benzene rings is 1. The molecule has 0 bridgehead atoms. The van der Waals surface area contributed by atoms with Gasteiger partial charge < -0.3 is 10.5 Å². The molecule has 1 aromatic rings. The number of nitrogens with two attached hydrogens (primary N) is 1.